The van der Waals surface area contributed by atoms with Gasteiger partial charge in [-0.3, -0.25) is 4.68 Å². The quantitative estimate of drug-likeness (QED) is 0.804. The van der Waals surface area contributed by atoms with Crippen molar-refractivity contribution in [3.05, 3.63) is 36.3 Å². The molecule has 2 radical (unpaired) electrons. The lowest BCUT2D eigenvalue weighted by molar-refractivity contribution is -0.276. The van der Waals surface area contributed by atoms with Crippen molar-refractivity contribution in [2.75, 3.05) is 0 Å². The van der Waals surface area contributed by atoms with E-state index < -0.39 is 12.2 Å². The number of nitrogens with zero attached hydrogens (tertiary/aromatic N) is 3. The Labute approximate surface area is 115 Å². The molecule has 0 aliphatic carbocycles. The second-order valence-electron chi connectivity index (χ2n) is 4.16. The molecule has 8 heteroatoms. The zero-order chi connectivity index (χ0) is 14.8. The maximum Gasteiger partial charge on any atom is 0.574 e. The van der Waals surface area contributed by atoms with Crippen molar-refractivity contribution in [3.63, 3.8) is 0 Å². The van der Waals surface area contributed by atoms with Gasteiger partial charge in [-0.25, -0.2) is 4.98 Å². The molecule has 4 nitrogen and oxygen atoms in total. The Bertz CT molecular complexity index is 568. The van der Waals surface area contributed by atoms with Crippen molar-refractivity contribution < 1.29 is 17.9 Å². The molecule has 1 atom stereocenters. The second kappa shape index (κ2) is 5.56. The summed E-state index contributed by atoms with van der Waals surface area (Å²) in [7, 11) is 5.60. The van der Waals surface area contributed by atoms with Crippen molar-refractivity contribution in [3.8, 4) is 5.88 Å². The highest BCUT2D eigenvalue weighted by molar-refractivity contribution is 6.31. The maximum atomic E-state index is 12.0. The number of hydrogen-bond acceptors (Lipinski definition) is 3. The summed E-state index contributed by atoms with van der Waals surface area (Å²) in [5.74, 6) is -0.490. The van der Waals surface area contributed by atoms with E-state index in [2.05, 4.69) is 14.8 Å². The van der Waals surface area contributed by atoms with E-state index >= 15 is 0 Å². The van der Waals surface area contributed by atoms with Gasteiger partial charge in [-0.15, -0.1) is 13.2 Å². The molecule has 0 aromatic carbocycles. The minimum atomic E-state index is -4.74. The third-order valence-electron chi connectivity index (χ3n) is 2.69. The number of alkyl halides is 3. The molecule has 1 unspecified atom stereocenters. The predicted octanol–water partition coefficient (Wildman–Crippen LogP) is 1.97. The smallest absolute Gasteiger partial charge is 0.388 e. The standard InChI is InChI=1S/C12H11BF3N3O/c1-2-10(19-7-9(13)6-18-19)8-3-4-11(17-5-8)20-12(14,15)16/h3-7,10H,2H2,1H3. The van der Waals surface area contributed by atoms with Gasteiger partial charge in [-0.1, -0.05) is 12.4 Å². The van der Waals surface area contributed by atoms with Gasteiger partial charge in [0.2, 0.25) is 5.88 Å². The minimum absolute atomic E-state index is 0.139. The molecular formula is C12H11BF3N3O. The van der Waals surface area contributed by atoms with Crippen LogP contribution in [0.25, 0.3) is 0 Å². The van der Waals surface area contributed by atoms with Gasteiger partial charge in [-0.2, -0.15) is 5.10 Å². The summed E-state index contributed by atoms with van der Waals surface area (Å²) in [6.07, 6.45) is 0.468. The summed E-state index contributed by atoms with van der Waals surface area (Å²) in [5, 5.41) is 4.10. The van der Waals surface area contributed by atoms with E-state index in [1.54, 1.807) is 10.9 Å². The van der Waals surface area contributed by atoms with Crippen molar-refractivity contribution in [2.45, 2.75) is 25.7 Å². The fourth-order valence-corrected chi connectivity index (χ4v) is 1.87. The Morgan fingerprint density at radius 2 is 2.10 bits per heavy atom. The van der Waals surface area contributed by atoms with E-state index in [0.29, 0.717) is 11.9 Å². The van der Waals surface area contributed by atoms with E-state index in [-0.39, 0.29) is 6.04 Å². The molecule has 2 aromatic rings. The largest absolute Gasteiger partial charge is 0.574 e. The SMILES string of the molecule is [B]c1cnn(C(CC)c2ccc(OC(F)(F)F)nc2)c1. The number of ether oxygens (including phenoxy) is 1. The zero-order valence-corrected chi connectivity index (χ0v) is 10.6. The predicted molar refractivity (Wildman–Crippen MR) is 67.0 cm³/mol. The molecule has 104 valence electrons. The molecule has 0 saturated carbocycles. The fourth-order valence-electron chi connectivity index (χ4n) is 1.87. The average molecular weight is 281 g/mol. The van der Waals surface area contributed by atoms with Gasteiger partial charge in [0.15, 0.2) is 0 Å². The first-order valence-corrected chi connectivity index (χ1v) is 5.90. The van der Waals surface area contributed by atoms with Crippen LogP contribution in [0.4, 0.5) is 13.2 Å². The van der Waals surface area contributed by atoms with Crippen LogP contribution in [-0.2, 0) is 0 Å². The van der Waals surface area contributed by atoms with Crippen molar-refractivity contribution >= 4 is 13.3 Å². The third-order valence-corrected chi connectivity index (χ3v) is 2.69. The van der Waals surface area contributed by atoms with Gasteiger partial charge in [0.25, 0.3) is 0 Å². The van der Waals surface area contributed by atoms with E-state index in [1.807, 2.05) is 6.92 Å². The highest BCUT2D eigenvalue weighted by atomic mass is 19.4. The Morgan fingerprint density at radius 3 is 2.55 bits per heavy atom. The Balaban J connectivity index is 2.19. The monoisotopic (exact) mass is 281 g/mol. The highest BCUT2D eigenvalue weighted by Gasteiger charge is 2.31. The molecule has 2 aromatic heterocycles. The zero-order valence-electron chi connectivity index (χ0n) is 10.6. The molecule has 0 N–H and O–H groups in total. The highest BCUT2D eigenvalue weighted by Crippen LogP contribution is 2.24. The first kappa shape index (κ1) is 14.4. The van der Waals surface area contributed by atoms with Crippen molar-refractivity contribution in [1.29, 1.82) is 0 Å². The molecule has 0 saturated heterocycles. The van der Waals surface area contributed by atoms with Crippen LogP contribution in [-0.4, -0.2) is 29.0 Å². The molecule has 0 fully saturated rings. The molecule has 0 aliphatic rings. The minimum Gasteiger partial charge on any atom is -0.388 e. The van der Waals surface area contributed by atoms with Crippen LogP contribution in [0.1, 0.15) is 24.9 Å². The molecule has 0 bridgehead atoms. The van der Waals surface area contributed by atoms with Crippen LogP contribution >= 0.6 is 0 Å². The van der Waals surface area contributed by atoms with Crippen molar-refractivity contribution in [2.24, 2.45) is 0 Å². The lowest BCUT2D eigenvalue weighted by Crippen LogP contribution is -2.18. The molecule has 2 heterocycles. The summed E-state index contributed by atoms with van der Waals surface area (Å²) in [6.45, 7) is 1.93. The summed E-state index contributed by atoms with van der Waals surface area (Å²) in [5.41, 5.74) is 1.25. The molecule has 0 amide bonds. The van der Waals surface area contributed by atoms with Gasteiger partial charge in [-0.05, 0) is 18.1 Å². The van der Waals surface area contributed by atoms with Crippen LogP contribution in [0.5, 0.6) is 5.88 Å². The normalized spacial score (nSPS) is 13.2. The number of rotatable bonds is 4. The van der Waals surface area contributed by atoms with E-state index in [0.717, 1.165) is 5.56 Å². The lowest BCUT2D eigenvalue weighted by Gasteiger charge is -2.16. The Morgan fingerprint density at radius 1 is 1.35 bits per heavy atom. The summed E-state index contributed by atoms with van der Waals surface area (Å²) in [6, 6.07) is 2.57. The topological polar surface area (TPSA) is 39.9 Å². The van der Waals surface area contributed by atoms with Gasteiger partial charge < -0.3 is 4.74 Å². The van der Waals surface area contributed by atoms with Crippen LogP contribution in [0.2, 0.25) is 0 Å². The summed E-state index contributed by atoms with van der Waals surface area (Å²) in [4.78, 5) is 3.65. The van der Waals surface area contributed by atoms with Gasteiger partial charge in [0.05, 0.1) is 6.04 Å². The molecule has 2 rings (SSSR count). The van der Waals surface area contributed by atoms with E-state index in [4.69, 9.17) is 7.85 Å². The molecule has 20 heavy (non-hydrogen) atoms. The van der Waals surface area contributed by atoms with Crippen LogP contribution in [0, 0.1) is 0 Å². The van der Waals surface area contributed by atoms with E-state index in [9.17, 15) is 13.2 Å². The van der Waals surface area contributed by atoms with Crippen LogP contribution in [0.15, 0.2) is 30.7 Å². The Hall–Kier alpha value is -1.99. The first-order chi connectivity index (χ1) is 9.39. The molecule has 0 aliphatic heterocycles. The fraction of sp³-hybridized carbons (Fsp3) is 0.333. The molecule has 0 spiro atoms. The van der Waals surface area contributed by atoms with Gasteiger partial charge in [0, 0.05) is 24.7 Å². The second-order valence-corrected chi connectivity index (χ2v) is 4.16. The maximum absolute atomic E-state index is 12.0. The van der Waals surface area contributed by atoms with Crippen LogP contribution in [0.3, 0.4) is 0 Å². The number of aromatic nitrogens is 3. The number of halogens is 3. The van der Waals surface area contributed by atoms with E-state index in [1.165, 1.54) is 24.5 Å². The number of pyridine rings is 1. The Kier molecular flexibility index (Phi) is 4.01. The summed E-state index contributed by atoms with van der Waals surface area (Å²) < 4.78 is 41.5. The van der Waals surface area contributed by atoms with Crippen molar-refractivity contribution in [1.82, 2.24) is 14.8 Å². The average Bonchev–Trinajstić information content (AvgIpc) is 2.77. The van der Waals surface area contributed by atoms with Gasteiger partial charge >= 0.3 is 6.36 Å². The molecular weight excluding hydrogens is 270 g/mol. The van der Waals surface area contributed by atoms with Gasteiger partial charge in [0.1, 0.15) is 7.85 Å². The summed E-state index contributed by atoms with van der Waals surface area (Å²) >= 11 is 0. The number of hydrogen-bond donors (Lipinski definition) is 0. The lowest BCUT2D eigenvalue weighted by atomic mass is 10.0. The first-order valence-electron chi connectivity index (χ1n) is 5.90. The third kappa shape index (κ3) is 3.52. The van der Waals surface area contributed by atoms with Crippen LogP contribution < -0.4 is 10.2 Å².